The number of esters is 1. The molecular weight excluding hydrogens is 510 g/mol. The van der Waals surface area contributed by atoms with Gasteiger partial charge in [0.15, 0.2) is 0 Å². The van der Waals surface area contributed by atoms with Crippen molar-refractivity contribution in [2.45, 2.75) is 90.1 Å². The van der Waals surface area contributed by atoms with E-state index in [-0.39, 0.29) is 25.4 Å². The lowest BCUT2D eigenvalue weighted by molar-refractivity contribution is -0.155. The molecule has 40 heavy (non-hydrogen) atoms. The largest absolute Gasteiger partial charge is 0.459 e. The topological polar surface area (TPSA) is 114 Å². The van der Waals surface area contributed by atoms with Gasteiger partial charge in [-0.25, -0.2) is 9.59 Å². The predicted molar refractivity (Wildman–Crippen MR) is 151 cm³/mol. The third-order valence-corrected chi connectivity index (χ3v) is 6.90. The third kappa shape index (κ3) is 8.56. The maximum absolute atomic E-state index is 13.9. The van der Waals surface area contributed by atoms with Crippen molar-refractivity contribution in [3.63, 3.8) is 0 Å². The second-order valence-corrected chi connectivity index (χ2v) is 11.3. The number of ether oxygens (including phenoxy) is 2. The molecule has 0 aliphatic carbocycles. The van der Waals surface area contributed by atoms with Crippen LogP contribution in [0, 0.1) is 0 Å². The first-order valence-corrected chi connectivity index (χ1v) is 13.8. The molecule has 3 rings (SSSR count). The van der Waals surface area contributed by atoms with Gasteiger partial charge in [0.25, 0.3) is 0 Å². The number of alkyl carbamates (subject to hydrolysis) is 1. The molecule has 3 amide bonds. The van der Waals surface area contributed by atoms with Gasteiger partial charge in [0.2, 0.25) is 11.8 Å². The second kappa shape index (κ2) is 13.5. The molecule has 2 N–H and O–H groups in total. The molecule has 1 aliphatic heterocycles. The number of benzene rings is 2. The average molecular weight is 552 g/mol. The van der Waals surface area contributed by atoms with E-state index in [9.17, 15) is 19.2 Å². The van der Waals surface area contributed by atoms with Crippen molar-refractivity contribution < 1.29 is 28.7 Å². The molecule has 0 spiro atoms. The summed E-state index contributed by atoms with van der Waals surface area (Å²) in [5.41, 5.74) is -0.351. The minimum Gasteiger partial charge on any atom is -0.459 e. The molecule has 1 fully saturated rings. The van der Waals surface area contributed by atoms with Crippen molar-refractivity contribution in [1.82, 2.24) is 15.5 Å². The van der Waals surface area contributed by atoms with Crippen LogP contribution in [0.25, 0.3) is 0 Å². The number of carbonyl (C=O) groups excluding carboxylic acids is 4. The van der Waals surface area contributed by atoms with E-state index in [1.807, 2.05) is 60.7 Å². The van der Waals surface area contributed by atoms with Crippen LogP contribution in [0.2, 0.25) is 0 Å². The molecule has 1 aliphatic rings. The number of hydrogen-bond donors (Lipinski definition) is 2. The first kappa shape index (κ1) is 30.7. The summed E-state index contributed by atoms with van der Waals surface area (Å²) in [7, 11) is 0. The van der Waals surface area contributed by atoms with E-state index in [2.05, 4.69) is 10.6 Å². The number of amides is 3. The summed E-state index contributed by atoms with van der Waals surface area (Å²) in [4.78, 5) is 54.5. The lowest BCUT2D eigenvalue weighted by atomic mass is 9.96. The maximum Gasteiger partial charge on any atom is 0.408 e. The van der Waals surface area contributed by atoms with E-state index < -0.39 is 41.2 Å². The Bertz CT molecular complexity index is 1160. The van der Waals surface area contributed by atoms with Gasteiger partial charge in [-0.3, -0.25) is 9.59 Å². The lowest BCUT2D eigenvalue weighted by Crippen LogP contribution is -2.61. The SMILES string of the molecule is CC[C@](C)(NC(=O)OC(C)(C)C)C(=O)N[C@@H](Cc1ccccc1)C(=O)N1CCC[C@@H]1C(=O)OCc1ccccc1. The van der Waals surface area contributed by atoms with Crippen LogP contribution in [0.1, 0.15) is 65.0 Å². The van der Waals surface area contributed by atoms with Gasteiger partial charge in [0, 0.05) is 13.0 Å². The molecule has 9 nitrogen and oxygen atoms in total. The van der Waals surface area contributed by atoms with Crippen LogP contribution in [-0.2, 0) is 36.9 Å². The highest BCUT2D eigenvalue weighted by Crippen LogP contribution is 2.22. The summed E-state index contributed by atoms with van der Waals surface area (Å²) in [6.07, 6.45) is 0.898. The Morgan fingerprint density at radius 3 is 2.12 bits per heavy atom. The summed E-state index contributed by atoms with van der Waals surface area (Å²) in [5, 5.41) is 5.53. The molecule has 2 aromatic carbocycles. The van der Waals surface area contributed by atoms with Gasteiger partial charge >= 0.3 is 12.1 Å². The number of likely N-dealkylation sites (tertiary alicyclic amines) is 1. The van der Waals surface area contributed by atoms with Crippen LogP contribution >= 0.6 is 0 Å². The molecule has 9 heteroatoms. The highest BCUT2D eigenvalue weighted by molar-refractivity contribution is 5.95. The van der Waals surface area contributed by atoms with Crippen molar-refractivity contribution in [2.75, 3.05) is 6.54 Å². The molecule has 0 bridgehead atoms. The lowest BCUT2D eigenvalue weighted by Gasteiger charge is -2.33. The third-order valence-electron chi connectivity index (χ3n) is 6.90. The first-order valence-electron chi connectivity index (χ1n) is 13.8. The van der Waals surface area contributed by atoms with Crippen molar-refractivity contribution in [3.05, 3.63) is 71.8 Å². The maximum atomic E-state index is 13.9. The average Bonchev–Trinajstić information content (AvgIpc) is 3.41. The summed E-state index contributed by atoms with van der Waals surface area (Å²) in [6.45, 7) is 9.07. The zero-order valence-corrected chi connectivity index (χ0v) is 24.1. The van der Waals surface area contributed by atoms with Gasteiger partial charge in [-0.15, -0.1) is 0 Å². The number of nitrogens with one attached hydrogen (secondary N) is 2. The van der Waals surface area contributed by atoms with Crippen molar-refractivity contribution in [3.8, 4) is 0 Å². The summed E-state index contributed by atoms with van der Waals surface area (Å²) < 4.78 is 10.9. The summed E-state index contributed by atoms with van der Waals surface area (Å²) >= 11 is 0. The van der Waals surface area contributed by atoms with Crippen LogP contribution in [0.5, 0.6) is 0 Å². The van der Waals surface area contributed by atoms with Crippen molar-refractivity contribution >= 4 is 23.9 Å². The Morgan fingerprint density at radius 1 is 0.950 bits per heavy atom. The van der Waals surface area contributed by atoms with E-state index in [0.29, 0.717) is 19.4 Å². The summed E-state index contributed by atoms with van der Waals surface area (Å²) in [6, 6.07) is 17.0. The number of rotatable bonds is 10. The highest BCUT2D eigenvalue weighted by atomic mass is 16.6. The number of hydrogen-bond acceptors (Lipinski definition) is 6. The molecule has 1 saturated heterocycles. The van der Waals surface area contributed by atoms with Crippen molar-refractivity contribution in [1.29, 1.82) is 0 Å². The van der Waals surface area contributed by atoms with Gasteiger partial charge in [0.05, 0.1) is 0 Å². The quantitative estimate of drug-likeness (QED) is 0.429. The van der Waals surface area contributed by atoms with Crippen LogP contribution < -0.4 is 10.6 Å². The molecule has 3 atom stereocenters. The molecule has 216 valence electrons. The fourth-order valence-electron chi connectivity index (χ4n) is 4.50. The zero-order valence-electron chi connectivity index (χ0n) is 24.1. The Kier molecular flexibility index (Phi) is 10.3. The van der Waals surface area contributed by atoms with Crippen LogP contribution in [-0.4, -0.2) is 58.5 Å². The van der Waals surface area contributed by atoms with Gasteiger partial charge < -0.3 is 25.0 Å². The Morgan fingerprint density at radius 2 is 1.55 bits per heavy atom. The molecular formula is C31H41N3O6. The fraction of sp³-hybridized carbons (Fsp3) is 0.484. The van der Waals surface area contributed by atoms with E-state index in [4.69, 9.17) is 9.47 Å². The van der Waals surface area contributed by atoms with E-state index in [1.54, 1.807) is 34.6 Å². The van der Waals surface area contributed by atoms with Crippen LogP contribution in [0.4, 0.5) is 4.79 Å². The van der Waals surface area contributed by atoms with Gasteiger partial charge in [-0.2, -0.15) is 0 Å². The molecule has 0 aromatic heterocycles. The minimum absolute atomic E-state index is 0.119. The Labute approximate surface area is 236 Å². The van der Waals surface area contributed by atoms with Crippen molar-refractivity contribution in [2.24, 2.45) is 0 Å². The zero-order chi connectivity index (χ0) is 29.3. The highest BCUT2D eigenvalue weighted by Gasteiger charge is 2.41. The predicted octanol–water partition coefficient (Wildman–Crippen LogP) is 4.14. The van der Waals surface area contributed by atoms with Gasteiger partial charge in [-0.05, 0) is 58.1 Å². The number of nitrogens with zero attached hydrogens (tertiary/aromatic N) is 1. The van der Waals surface area contributed by atoms with E-state index in [1.165, 1.54) is 4.90 Å². The van der Waals surface area contributed by atoms with Crippen LogP contribution in [0.3, 0.4) is 0 Å². The Hall–Kier alpha value is -3.88. The Balaban J connectivity index is 1.77. The first-order chi connectivity index (χ1) is 18.9. The molecule has 0 unspecified atom stereocenters. The monoisotopic (exact) mass is 551 g/mol. The minimum atomic E-state index is -1.32. The standard InChI is InChI=1S/C31H41N3O6/c1-6-31(5,33-29(38)40-30(2,3)4)28(37)32-24(20-22-14-9-7-10-15-22)26(35)34-19-13-18-25(34)27(36)39-21-23-16-11-8-12-17-23/h7-12,14-17,24-25H,6,13,18-21H2,1-5H3,(H,32,37)(H,33,38)/t24-,25+,31-/m0/s1. The van der Waals surface area contributed by atoms with E-state index in [0.717, 1.165) is 11.1 Å². The van der Waals surface area contributed by atoms with Gasteiger partial charge in [-0.1, -0.05) is 67.6 Å². The number of carbonyl (C=O) groups is 4. The fourth-order valence-corrected chi connectivity index (χ4v) is 4.50. The van der Waals surface area contributed by atoms with Gasteiger partial charge in [0.1, 0.15) is 29.8 Å². The second-order valence-electron chi connectivity index (χ2n) is 11.3. The summed E-state index contributed by atoms with van der Waals surface area (Å²) in [5.74, 6) is -1.35. The van der Waals surface area contributed by atoms with Crippen LogP contribution in [0.15, 0.2) is 60.7 Å². The molecule has 2 aromatic rings. The molecule has 0 radical (unpaired) electrons. The smallest absolute Gasteiger partial charge is 0.408 e. The molecule has 1 heterocycles. The van der Waals surface area contributed by atoms with E-state index >= 15 is 0 Å². The molecule has 0 saturated carbocycles. The normalized spacial score (nSPS) is 17.3.